The zero-order valence-electron chi connectivity index (χ0n) is 12.2. The van der Waals surface area contributed by atoms with Gasteiger partial charge < -0.3 is 10.2 Å². The summed E-state index contributed by atoms with van der Waals surface area (Å²) in [6.07, 6.45) is 2.54. The minimum Gasteiger partial charge on any atom is -0.381 e. The predicted molar refractivity (Wildman–Crippen MR) is 86.8 cm³/mol. The van der Waals surface area contributed by atoms with E-state index in [1.165, 1.54) is 19.4 Å². The zero-order chi connectivity index (χ0) is 14.5. The van der Waals surface area contributed by atoms with Crippen LogP contribution in [0.25, 0.3) is 0 Å². The molecule has 2 rings (SSSR count). The number of piperidine rings is 1. The largest absolute Gasteiger partial charge is 0.381 e. The number of rotatable bonds is 4. The molecule has 0 amide bonds. The van der Waals surface area contributed by atoms with E-state index in [2.05, 4.69) is 46.1 Å². The fourth-order valence-electron chi connectivity index (χ4n) is 2.88. The van der Waals surface area contributed by atoms with Crippen molar-refractivity contribution in [3.05, 3.63) is 28.2 Å². The SMILES string of the molecule is CCN1CCCC(C(C)Nc2cc(Br)ccc2C#N)C1. The van der Waals surface area contributed by atoms with Gasteiger partial charge in [-0.05, 0) is 57.0 Å². The third-order valence-electron chi connectivity index (χ3n) is 4.18. The second-order valence-corrected chi connectivity index (χ2v) is 6.45. The number of benzene rings is 1. The summed E-state index contributed by atoms with van der Waals surface area (Å²) in [4.78, 5) is 2.51. The van der Waals surface area contributed by atoms with Crippen LogP contribution in [0.2, 0.25) is 0 Å². The molecule has 1 saturated heterocycles. The highest BCUT2D eigenvalue weighted by Crippen LogP contribution is 2.26. The Morgan fingerprint density at radius 3 is 3.05 bits per heavy atom. The van der Waals surface area contributed by atoms with E-state index in [0.29, 0.717) is 17.5 Å². The normalized spacial score (nSPS) is 21.2. The molecule has 0 bridgehead atoms. The zero-order valence-corrected chi connectivity index (χ0v) is 13.8. The van der Waals surface area contributed by atoms with Crippen molar-refractivity contribution in [2.75, 3.05) is 25.0 Å². The van der Waals surface area contributed by atoms with Gasteiger partial charge in [-0.25, -0.2) is 0 Å². The molecule has 1 N–H and O–H groups in total. The Balaban J connectivity index is 2.06. The minimum atomic E-state index is 0.380. The van der Waals surface area contributed by atoms with Gasteiger partial charge in [0.25, 0.3) is 0 Å². The van der Waals surface area contributed by atoms with Crippen molar-refractivity contribution in [1.82, 2.24) is 4.90 Å². The fourth-order valence-corrected chi connectivity index (χ4v) is 3.24. The Bertz CT molecular complexity index is 495. The van der Waals surface area contributed by atoms with Crippen LogP contribution in [-0.4, -0.2) is 30.6 Å². The lowest BCUT2D eigenvalue weighted by Crippen LogP contribution is -2.41. The molecule has 1 aliphatic rings. The number of anilines is 1. The molecule has 1 aliphatic heterocycles. The van der Waals surface area contributed by atoms with Gasteiger partial charge in [-0.2, -0.15) is 5.26 Å². The molecule has 1 heterocycles. The van der Waals surface area contributed by atoms with E-state index in [4.69, 9.17) is 0 Å². The van der Waals surface area contributed by atoms with Crippen molar-refractivity contribution in [3.63, 3.8) is 0 Å². The van der Waals surface area contributed by atoms with Crippen molar-refractivity contribution in [2.45, 2.75) is 32.7 Å². The quantitative estimate of drug-likeness (QED) is 0.908. The van der Waals surface area contributed by atoms with Crippen LogP contribution >= 0.6 is 15.9 Å². The van der Waals surface area contributed by atoms with Gasteiger partial charge in [0.15, 0.2) is 0 Å². The highest BCUT2D eigenvalue weighted by atomic mass is 79.9. The molecule has 108 valence electrons. The summed E-state index contributed by atoms with van der Waals surface area (Å²) in [6, 6.07) is 8.40. The first-order valence-corrected chi connectivity index (χ1v) is 8.12. The summed E-state index contributed by atoms with van der Waals surface area (Å²) >= 11 is 3.47. The van der Waals surface area contributed by atoms with Crippen molar-refractivity contribution >= 4 is 21.6 Å². The highest BCUT2D eigenvalue weighted by Gasteiger charge is 2.24. The summed E-state index contributed by atoms with van der Waals surface area (Å²) in [6.45, 7) is 7.96. The summed E-state index contributed by atoms with van der Waals surface area (Å²) in [7, 11) is 0. The van der Waals surface area contributed by atoms with E-state index in [9.17, 15) is 5.26 Å². The molecule has 20 heavy (non-hydrogen) atoms. The standard InChI is InChI=1S/C16H22BrN3/c1-3-20-8-4-5-14(11-20)12(2)19-16-9-15(17)7-6-13(16)10-18/h6-7,9,12,14,19H,3-5,8,11H2,1-2H3. The number of halogens is 1. The second kappa shape index (κ2) is 7.10. The third-order valence-corrected chi connectivity index (χ3v) is 4.67. The first-order chi connectivity index (χ1) is 9.63. The summed E-state index contributed by atoms with van der Waals surface area (Å²) in [5.41, 5.74) is 1.64. The molecule has 0 spiro atoms. The van der Waals surface area contributed by atoms with E-state index >= 15 is 0 Å². The molecule has 0 aromatic heterocycles. The van der Waals surface area contributed by atoms with E-state index in [1.54, 1.807) is 0 Å². The summed E-state index contributed by atoms with van der Waals surface area (Å²) < 4.78 is 1.00. The van der Waals surface area contributed by atoms with Gasteiger partial charge in [0.2, 0.25) is 0 Å². The van der Waals surface area contributed by atoms with Crippen LogP contribution in [0.4, 0.5) is 5.69 Å². The van der Waals surface area contributed by atoms with Crippen molar-refractivity contribution in [3.8, 4) is 6.07 Å². The van der Waals surface area contributed by atoms with Gasteiger partial charge in [-0.3, -0.25) is 0 Å². The number of hydrogen-bond acceptors (Lipinski definition) is 3. The summed E-state index contributed by atoms with van der Waals surface area (Å²) in [5, 5.41) is 12.7. The maximum atomic E-state index is 9.20. The lowest BCUT2D eigenvalue weighted by Gasteiger charge is -2.35. The molecular weight excluding hydrogens is 314 g/mol. The van der Waals surface area contributed by atoms with Crippen LogP contribution in [0.3, 0.4) is 0 Å². The van der Waals surface area contributed by atoms with E-state index < -0.39 is 0 Å². The van der Waals surface area contributed by atoms with Crippen molar-refractivity contribution < 1.29 is 0 Å². The van der Waals surface area contributed by atoms with Crippen LogP contribution in [0.15, 0.2) is 22.7 Å². The Kier molecular flexibility index (Phi) is 5.45. The number of nitrogens with one attached hydrogen (secondary N) is 1. The molecule has 1 aromatic carbocycles. The molecule has 4 heteroatoms. The lowest BCUT2D eigenvalue weighted by molar-refractivity contribution is 0.172. The topological polar surface area (TPSA) is 39.1 Å². The molecule has 0 radical (unpaired) electrons. The van der Waals surface area contributed by atoms with Gasteiger partial charge in [-0.1, -0.05) is 22.9 Å². The summed E-state index contributed by atoms with van der Waals surface area (Å²) in [5.74, 6) is 0.647. The Morgan fingerprint density at radius 2 is 2.35 bits per heavy atom. The predicted octanol–water partition coefficient (Wildman–Crippen LogP) is 3.85. The minimum absolute atomic E-state index is 0.380. The first-order valence-electron chi connectivity index (χ1n) is 7.32. The monoisotopic (exact) mass is 335 g/mol. The molecule has 1 aromatic rings. The number of nitriles is 1. The lowest BCUT2D eigenvalue weighted by atomic mass is 9.91. The molecular formula is C16H22BrN3. The molecule has 3 nitrogen and oxygen atoms in total. The Morgan fingerprint density at radius 1 is 1.55 bits per heavy atom. The van der Waals surface area contributed by atoms with E-state index in [0.717, 1.165) is 23.2 Å². The van der Waals surface area contributed by atoms with Gasteiger partial charge in [0.05, 0.1) is 11.3 Å². The van der Waals surface area contributed by atoms with Crippen LogP contribution < -0.4 is 5.32 Å². The van der Waals surface area contributed by atoms with E-state index in [1.807, 2.05) is 18.2 Å². The Labute approximate surface area is 130 Å². The van der Waals surface area contributed by atoms with Crippen LogP contribution in [-0.2, 0) is 0 Å². The third kappa shape index (κ3) is 3.74. The average molecular weight is 336 g/mol. The van der Waals surface area contributed by atoms with Gasteiger partial charge >= 0.3 is 0 Å². The maximum Gasteiger partial charge on any atom is 0.101 e. The maximum absolute atomic E-state index is 9.20. The Hall–Kier alpha value is -1.05. The molecule has 0 aliphatic carbocycles. The van der Waals surface area contributed by atoms with E-state index in [-0.39, 0.29) is 0 Å². The smallest absolute Gasteiger partial charge is 0.101 e. The first kappa shape index (κ1) is 15.3. The van der Waals surface area contributed by atoms with Gasteiger partial charge in [-0.15, -0.1) is 0 Å². The highest BCUT2D eigenvalue weighted by molar-refractivity contribution is 9.10. The van der Waals surface area contributed by atoms with Crippen LogP contribution in [0, 0.1) is 17.2 Å². The van der Waals surface area contributed by atoms with Gasteiger partial charge in [0.1, 0.15) is 6.07 Å². The van der Waals surface area contributed by atoms with Crippen LogP contribution in [0.1, 0.15) is 32.3 Å². The molecule has 1 fully saturated rings. The molecule has 2 atom stereocenters. The molecule has 2 unspecified atom stereocenters. The van der Waals surface area contributed by atoms with Crippen molar-refractivity contribution in [2.24, 2.45) is 5.92 Å². The van der Waals surface area contributed by atoms with Gasteiger partial charge in [0, 0.05) is 17.1 Å². The molecule has 0 saturated carbocycles. The second-order valence-electron chi connectivity index (χ2n) is 5.53. The van der Waals surface area contributed by atoms with Crippen LogP contribution in [0.5, 0.6) is 0 Å². The average Bonchev–Trinajstić information content (AvgIpc) is 2.47. The fraction of sp³-hybridized carbons (Fsp3) is 0.562. The number of hydrogen-bond donors (Lipinski definition) is 1. The number of nitrogens with zero attached hydrogens (tertiary/aromatic N) is 2. The van der Waals surface area contributed by atoms with Crippen molar-refractivity contribution in [1.29, 1.82) is 5.26 Å². The number of likely N-dealkylation sites (tertiary alicyclic amines) is 1.